The summed E-state index contributed by atoms with van der Waals surface area (Å²) >= 11 is 2.04. The minimum absolute atomic E-state index is 0.633. The van der Waals surface area contributed by atoms with Gasteiger partial charge in [-0.15, -0.1) is 0 Å². The average Bonchev–Trinajstić information content (AvgIpc) is 2.35. The minimum Gasteiger partial charge on any atom is -0.329 e. The largest absolute Gasteiger partial charge is 0.329 e. The van der Waals surface area contributed by atoms with Gasteiger partial charge in [0, 0.05) is 19.1 Å². The maximum atomic E-state index is 5.92. The molecule has 0 saturated carbocycles. The molecule has 1 fully saturated rings. The van der Waals surface area contributed by atoms with Crippen LogP contribution in [-0.4, -0.2) is 42.1 Å². The van der Waals surface area contributed by atoms with Crippen LogP contribution in [0.1, 0.15) is 39.5 Å². The highest BCUT2D eigenvalue weighted by Crippen LogP contribution is 2.22. The van der Waals surface area contributed by atoms with E-state index >= 15 is 0 Å². The Morgan fingerprint density at radius 3 is 2.88 bits per heavy atom. The van der Waals surface area contributed by atoms with Crippen LogP contribution in [0.3, 0.4) is 0 Å². The quantitative estimate of drug-likeness (QED) is 0.698. The van der Waals surface area contributed by atoms with E-state index in [0.29, 0.717) is 6.04 Å². The van der Waals surface area contributed by atoms with Crippen molar-refractivity contribution < 1.29 is 0 Å². The lowest BCUT2D eigenvalue weighted by atomic mass is 9.94. The molecule has 2 N–H and O–H groups in total. The van der Waals surface area contributed by atoms with E-state index in [0.717, 1.165) is 12.5 Å². The predicted octanol–water partition coefficient (Wildman–Crippen LogP) is 2.58. The van der Waals surface area contributed by atoms with E-state index in [9.17, 15) is 0 Å². The molecule has 0 spiro atoms. The highest BCUT2D eigenvalue weighted by Gasteiger charge is 2.23. The fourth-order valence-corrected chi connectivity index (χ4v) is 3.30. The third-order valence-electron chi connectivity index (χ3n) is 3.72. The average molecular weight is 244 g/mol. The van der Waals surface area contributed by atoms with Crippen LogP contribution in [0.25, 0.3) is 0 Å². The van der Waals surface area contributed by atoms with Gasteiger partial charge < -0.3 is 5.73 Å². The number of hydrogen-bond donors (Lipinski definition) is 1. The summed E-state index contributed by atoms with van der Waals surface area (Å²) in [5.74, 6) is 3.42. The highest BCUT2D eigenvalue weighted by molar-refractivity contribution is 7.99. The van der Waals surface area contributed by atoms with Gasteiger partial charge in [-0.1, -0.05) is 20.3 Å². The first-order valence-corrected chi connectivity index (χ1v) is 7.99. The van der Waals surface area contributed by atoms with Crippen LogP contribution < -0.4 is 5.73 Å². The molecular weight excluding hydrogens is 216 g/mol. The summed E-state index contributed by atoms with van der Waals surface area (Å²) in [6.07, 6.45) is 5.40. The summed E-state index contributed by atoms with van der Waals surface area (Å²) in [6.45, 7) is 7.94. The van der Waals surface area contributed by atoms with Crippen molar-refractivity contribution in [2.45, 2.75) is 45.6 Å². The Morgan fingerprint density at radius 1 is 1.44 bits per heavy atom. The monoisotopic (exact) mass is 244 g/mol. The fourth-order valence-electron chi connectivity index (χ4n) is 2.58. The second-order valence-electron chi connectivity index (χ2n) is 4.79. The van der Waals surface area contributed by atoms with Gasteiger partial charge in [0.25, 0.3) is 0 Å². The van der Waals surface area contributed by atoms with Crippen LogP contribution in [-0.2, 0) is 0 Å². The predicted molar refractivity (Wildman–Crippen MR) is 75.0 cm³/mol. The molecule has 2 nitrogen and oxygen atoms in total. The number of nitrogens with zero attached hydrogens (tertiary/aromatic N) is 1. The van der Waals surface area contributed by atoms with E-state index in [2.05, 4.69) is 18.7 Å². The van der Waals surface area contributed by atoms with Gasteiger partial charge in [-0.05, 0) is 43.2 Å². The first-order valence-electron chi connectivity index (χ1n) is 6.83. The molecule has 16 heavy (non-hydrogen) atoms. The number of likely N-dealkylation sites (tertiary alicyclic amines) is 1. The van der Waals surface area contributed by atoms with E-state index in [-0.39, 0.29) is 0 Å². The van der Waals surface area contributed by atoms with Crippen molar-refractivity contribution in [3.05, 3.63) is 0 Å². The van der Waals surface area contributed by atoms with Crippen molar-refractivity contribution in [1.29, 1.82) is 0 Å². The highest BCUT2D eigenvalue weighted by atomic mass is 32.2. The Morgan fingerprint density at radius 2 is 2.25 bits per heavy atom. The van der Waals surface area contributed by atoms with Crippen molar-refractivity contribution in [3.8, 4) is 0 Å². The summed E-state index contributed by atoms with van der Waals surface area (Å²) in [7, 11) is 0. The molecule has 1 rings (SSSR count). The molecule has 96 valence electrons. The maximum absolute atomic E-state index is 5.92. The summed E-state index contributed by atoms with van der Waals surface area (Å²) in [5.41, 5.74) is 5.92. The molecule has 0 aromatic rings. The molecule has 2 atom stereocenters. The molecule has 0 aromatic carbocycles. The molecule has 1 aliphatic heterocycles. The number of nitrogens with two attached hydrogens (primary N) is 1. The first-order chi connectivity index (χ1) is 7.81. The Bertz CT molecular complexity index is 175. The van der Waals surface area contributed by atoms with Crippen molar-refractivity contribution in [3.63, 3.8) is 0 Å². The summed E-state index contributed by atoms with van der Waals surface area (Å²) in [6, 6.07) is 0.633. The number of thioether (sulfide) groups is 1. The first kappa shape index (κ1) is 14.3. The number of rotatable bonds is 7. The molecule has 0 radical (unpaired) electrons. The van der Waals surface area contributed by atoms with Crippen LogP contribution in [0.5, 0.6) is 0 Å². The van der Waals surface area contributed by atoms with Gasteiger partial charge in [-0.3, -0.25) is 4.90 Å². The second-order valence-corrected chi connectivity index (χ2v) is 6.18. The van der Waals surface area contributed by atoms with Gasteiger partial charge in [0.1, 0.15) is 0 Å². The molecule has 1 saturated heterocycles. The van der Waals surface area contributed by atoms with E-state index in [4.69, 9.17) is 5.73 Å². The van der Waals surface area contributed by atoms with Crippen molar-refractivity contribution in [2.75, 3.05) is 31.1 Å². The van der Waals surface area contributed by atoms with Gasteiger partial charge in [-0.2, -0.15) is 11.8 Å². The second kappa shape index (κ2) is 8.37. The smallest absolute Gasteiger partial charge is 0.0226 e. The Kier molecular flexibility index (Phi) is 7.50. The van der Waals surface area contributed by atoms with Crippen LogP contribution >= 0.6 is 11.8 Å². The van der Waals surface area contributed by atoms with E-state index < -0.39 is 0 Å². The zero-order valence-electron chi connectivity index (χ0n) is 11.0. The molecule has 2 unspecified atom stereocenters. The molecule has 0 amide bonds. The third-order valence-corrected chi connectivity index (χ3v) is 4.65. The SMILES string of the molecule is CCSCCC(CN)N1CCCC(CC)C1. The van der Waals surface area contributed by atoms with Crippen LogP contribution in [0, 0.1) is 5.92 Å². The zero-order chi connectivity index (χ0) is 11.8. The van der Waals surface area contributed by atoms with Gasteiger partial charge in [0.2, 0.25) is 0 Å². The molecule has 0 aromatic heterocycles. The molecule has 1 aliphatic rings. The third kappa shape index (κ3) is 4.64. The maximum Gasteiger partial charge on any atom is 0.0226 e. The van der Waals surface area contributed by atoms with Gasteiger partial charge in [0.15, 0.2) is 0 Å². The fraction of sp³-hybridized carbons (Fsp3) is 1.00. The van der Waals surface area contributed by atoms with Gasteiger partial charge in [-0.25, -0.2) is 0 Å². The molecule has 0 bridgehead atoms. The Balaban J connectivity index is 2.32. The van der Waals surface area contributed by atoms with Crippen molar-refractivity contribution in [1.82, 2.24) is 4.90 Å². The molecule has 3 heteroatoms. The lowest BCUT2D eigenvalue weighted by molar-refractivity contribution is 0.122. The topological polar surface area (TPSA) is 29.3 Å². The Hall–Kier alpha value is 0.270. The zero-order valence-corrected chi connectivity index (χ0v) is 11.8. The summed E-state index contributed by atoms with van der Waals surface area (Å²) in [4.78, 5) is 2.65. The lowest BCUT2D eigenvalue weighted by Crippen LogP contribution is -2.46. The van der Waals surface area contributed by atoms with E-state index in [1.807, 2.05) is 11.8 Å². The molecule has 1 heterocycles. The normalized spacial score (nSPS) is 24.6. The molecule has 0 aliphatic carbocycles. The van der Waals surface area contributed by atoms with Crippen molar-refractivity contribution >= 4 is 11.8 Å². The minimum atomic E-state index is 0.633. The Labute approximate surface area is 105 Å². The van der Waals surface area contributed by atoms with Crippen LogP contribution in [0.2, 0.25) is 0 Å². The lowest BCUT2D eigenvalue weighted by Gasteiger charge is -2.37. The van der Waals surface area contributed by atoms with E-state index in [1.54, 1.807) is 0 Å². The summed E-state index contributed by atoms with van der Waals surface area (Å²) < 4.78 is 0. The van der Waals surface area contributed by atoms with Crippen molar-refractivity contribution in [2.24, 2.45) is 11.7 Å². The van der Waals surface area contributed by atoms with E-state index in [1.165, 1.54) is 50.3 Å². The molecular formula is C13H28N2S. The van der Waals surface area contributed by atoms with Crippen LogP contribution in [0.15, 0.2) is 0 Å². The number of hydrogen-bond acceptors (Lipinski definition) is 3. The van der Waals surface area contributed by atoms with Gasteiger partial charge >= 0.3 is 0 Å². The van der Waals surface area contributed by atoms with Crippen LogP contribution in [0.4, 0.5) is 0 Å². The summed E-state index contributed by atoms with van der Waals surface area (Å²) in [5, 5.41) is 0. The standard InChI is InChI=1S/C13H28N2S/c1-3-12-6-5-8-15(11-12)13(10-14)7-9-16-4-2/h12-13H,3-11,14H2,1-2H3. The van der Waals surface area contributed by atoms with Gasteiger partial charge in [0.05, 0.1) is 0 Å². The number of piperidine rings is 1.